The molecule has 0 saturated heterocycles. The van der Waals surface area contributed by atoms with Crippen LogP contribution in [0.2, 0.25) is 0 Å². The van der Waals surface area contributed by atoms with Crippen LogP contribution in [0.25, 0.3) is 0 Å². The molecular formula is C17H19N3O5S. The number of methoxy groups -OCH3 is 3. The fourth-order valence-corrected chi connectivity index (χ4v) is 3.68. The van der Waals surface area contributed by atoms with Gasteiger partial charge < -0.3 is 19.1 Å². The van der Waals surface area contributed by atoms with Crippen LogP contribution in [0.4, 0.5) is 9.93 Å². The van der Waals surface area contributed by atoms with Gasteiger partial charge in [0.25, 0.3) is 5.91 Å². The van der Waals surface area contributed by atoms with Gasteiger partial charge in [0.15, 0.2) is 5.13 Å². The number of nitrogens with one attached hydrogen (secondary N) is 1. The summed E-state index contributed by atoms with van der Waals surface area (Å²) in [7, 11) is 4.39. The third-order valence-corrected chi connectivity index (χ3v) is 5.01. The van der Waals surface area contributed by atoms with Crippen molar-refractivity contribution in [1.82, 2.24) is 9.88 Å². The van der Waals surface area contributed by atoms with Crippen molar-refractivity contribution in [3.8, 4) is 11.5 Å². The molecule has 1 aromatic heterocycles. The molecule has 0 atom stereocenters. The lowest BCUT2D eigenvalue weighted by molar-refractivity contribution is 0.0735. The summed E-state index contributed by atoms with van der Waals surface area (Å²) in [4.78, 5) is 31.3. The summed E-state index contributed by atoms with van der Waals surface area (Å²) < 4.78 is 15.0. The second-order valence-corrected chi connectivity index (χ2v) is 6.67. The quantitative estimate of drug-likeness (QED) is 0.881. The van der Waals surface area contributed by atoms with Crippen LogP contribution in [0.3, 0.4) is 0 Å². The monoisotopic (exact) mass is 377 g/mol. The zero-order chi connectivity index (χ0) is 18.7. The predicted molar refractivity (Wildman–Crippen MR) is 96.1 cm³/mol. The minimum absolute atomic E-state index is 0.108. The maximum absolute atomic E-state index is 12.9. The van der Waals surface area contributed by atoms with E-state index < -0.39 is 6.09 Å². The number of fused-ring (bicyclic) bond motifs is 1. The molecule has 2 heterocycles. The van der Waals surface area contributed by atoms with Gasteiger partial charge in [-0.1, -0.05) is 11.3 Å². The summed E-state index contributed by atoms with van der Waals surface area (Å²) >= 11 is 1.34. The molecule has 0 spiro atoms. The predicted octanol–water partition coefficient (Wildman–Crippen LogP) is 2.54. The molecule has 2 amide bonds. The lowest BCUT2D eigenvalue weighted by Crippen LogP contribution is -2.35. The molecule has 1 N–H and O–H groups in total. The Balaban J connectivity index is 1.78. The number of carbonyl (C=O) groups is 2. The van der Waals surface area contributed by atoms with Gasteiger partial charge in [-0.15, -0.1) is 0 Å². The van der Waals surface area contributed by atoms with Gasteiger partial charge in [-0.3, -0.25) is 10.1 Å². The van der Waals surface area contributed by atoms with E-state index in [4.69, 9.17) is 9.47 Å². The molecule has 0 bridgehead atoms. The molecule has 1 aromatic carbocycles. The molecule has 1 aliphatic heterocycles. The molecular weight excluding hydrogens is 358 g/mol. The van der Waals surface area contributed by atoms with Gasteiger partial charge in [0.2, 0.25) is 0 Å². The highest BCUT2D eigenvalue weighted by Crippen LogP contribution is 2.30. The number of hydrogen-bond acceptors (Lipinski definition) is 7. The Morgan fingerprint density at radius 2 is 1.85 bits per heavy atom. The van der Waals surface area contributed by atoms with E-state index in [0.717, 1.165) is 10.6 Å². The Labute approximate surface area is 154 Å². The topological polar surface area (TPSA) is 90.0 Å². The molecule has 2 aromatic rings. The van der Waals surface area contributed by atoms with Crippen molar-refractivity contribution < 1.29 is 23.8 Å². The van der Waals surface area contributed by atoms with Gasteiger partial charge in [0.05, 0.1) is 33.6 Å². The second-order valence-electron chi connectivity index (χ2n) is 5.58. The number of carbonyl (C=O) groups excluding carboxylic acids is 2. The van der Waals surface area contributed by atoms with E-state index in [9.17, 15) is 9.59 Å². The van der Waals surface area contributed by atoms with Crippen molar-refractivity contribution in [3.05, 3.63) is 34.3 Å². The van der Waals surface area contributed by atoms with E-state index in [2.05, 4.69) is 15.0 Å². The molecule has 3 rings (SSSR count). The van der Waals surface area contributed by atoms with E-state index in [1.807, 2.05) is 0 Å². The van der Waals surface area contributed by atoms with Crippen molar-refractivity contribution >= 4 is 28.5 Å². The molecule has 26 heavy (non-hydrogen) atoms. The van der Waals surface area contributed by atoms with Crippen LogP contribution < -0.4 is 14.8 Å². The largest absolute Gasteiger partial charge is 0.497 e. The Hall–Kier alpha value is -2.81. The first kappa shape index (κ1) is 18.0. The van der Waals surface area contributed by atoms with Crippen molar-refractivity contribution in [2.24, 2.45) is 0 Å². The number of aromatic nitrogens is 1. The SMILES string of the molecule is COC(=O)Nc1nc2c(s1)CN(C(=O)c1cc(OC)cc(OC)c1)CC2. The maximum atomic E-state index is 12.9. The van der Waals surface area contributed by atoms with Crippen LogP contribution in [0, 0.1) is 0 Å². The molecule has 9 heteroatoms. The Morgan fingerprint density at radius 3 is 2.46 bits per heavy atom. The zero-order valence-corrected chi connectivity index (χ0v) is 15.5. The molecule has 8 nitrogen and oxygen atoms in total. The third kappa shape index (κ3) is 3.72. The lowest BCUT2D eigenvalue weighted by atomic mass is 10.1. The molecule has 0 saturated carbocycles. The van der Waals surface area contributed by atoms with Gasteiger partial charge in [-0.25, -0.2) is 9.78 Å². The van der Waals surface area contributed by atoms with Gasteiger partial charge in [0, 0.05) is 29.5 Å². The van der Waals surface area contributed by atoms with Crippen molar-refractivity contribution in [3.63, 3.8) is 0 Å². The van der Waals surface area contributed by atoms with E-state index in [-0.39, 0.29) is 5.91 Å². The fourth-order valence-electron chi connectivity index (χ4n) is 2.67. The Morgan fingerprint density at radius 1 is 1.15 bits per heavy atom. The summed E-state index contributed by atoms with van der Waals surface area (Å²) in [5, 5.41) is 3.04. The van der Waals surface area contributed by atoms with Gasteiger partial charge in [-0.05, 0) is 12.1 Å². The fraction of sp³-hybridized carbons (Fsp3) is 0.353. The third-order valence-electron chi connectivity index (χ3n) is 4.01. The van der Waals surface area contributed by atoms with Crippen LogP contribution in [0.5, 0.6) is 11.5 Å². The number of rotatable bonds is 4. The first-order valence-corrected chi connectivity index (χ1v) is 8.71. The van der Waals surface area contributed by atoms with Crippen LogP contribution in [0.15, 0.2) is 18.2 Å². The molecule has 0 fully saturated rings. The van der Waals surface area contributed by atoms with Crippen molar-refractivity contribution in [1.29, 1.82) is 0 Å². The number of nitrogens with zero attached hydrogens (tertiary/aromatic N) is 2. The van der Waals surface area contributed by atoms with E-state index in [0.29, 0.717) is 41.7 Å². The zero-order valence-electron chi connectivity index (χ0n) is 14.7. The van der Waals surface area contributed by atoms with Gasteiger partial charge in [0.1, 0.15) is 11.5 Å². The first-order chi connectivity index (χ1) is 12.5. The summed E-state index contributed by atoms with van der Waals surface area (Å²) in [5.41, 5.74) is 1.40. The molecule has 0 aliphatic carbocycles. The number of hydrogen-bond donors (Lipinski definition) is 1. The molecule has 0 radical (unpaired) electrons. The maximum Gasteiger partial charge on any atom is 0.413 e. The Bertz CT molecular complexity index is 814. The highest BCUT2D eigenvalue weighted by molar-refractivity contribution is 7.15. The molecule has 0 unspecified atom stereocenters. The number of benzene rings is 1. The standard InChI is InChI=1S/C17H19N3O5S/c1-23-11-6-10(7-12(8-11)24-2)15(21)20-5-4-13-14(9-20)26-16(18-13)19-17(22)25-3/h6-8H,4-5,9H2,1-3H3,(H,18,19,22). The second kappa shape index (κ2) is 7.61. The number of amides is 2. The average Bonchev–Trinajstić information content (AvgIpc) is 3.07. The van der Waals surface area contributed by atoms with E-state index in [1.165, 1.54) is 18.4 Å². The van der Waals surface area contributed by atoms with E-state index >= 15 is 0 Å². The van der Waals surface area contributed by atoms with Gasteiger partial charge >= 0.3 is 6.09 Å². The Kier molecular flexibility index (Phi) is 5.27. The number of thiazole rings is 1. The van der Waals surface area contributed by atoms with Crippen LogP contribution in [0.1, 0.15) is 20.9 Å². The summed E-state index contributed by atoms with van der Waals surface area (Å²) in [6.45, 7) is 0.987. The normalized spacial score (nSPS) is 13.0. The molecule has 1 aliphatic rings. The van der Waals surface area contributed by atoms with Crippen LogP contribution >= 0.6 is 11.3 Å². The summed E-state index contributed by atoms with van der Waals surface area (Å²) in [6, 6.07) is 5.10. The summed E-state index contributed by atoms with van der Waals surface area (Å²) in [5.74, 6) is 1.02. The first-order valence-electron chi connectivity index (χ1n) is 7.90. The average molecular weight is 377 g/mol. The number of anilines is 1. The minimum atomic E-state index is -0.562. The van der Waals surface area contributed by atoms with Crippen LogP contribution in [-0.4, -0.2) is 49.8 Å². The smallest absolute Gasteiger partial charge is 0.413 e. The van der Waals surface area contributed by atoms with Crippen LogP contribution in [-0.2, 0) is 17.7 Å². The highest BCUT2D eigenvalue weighted by atomic mass is 32.1. The molecule has 138 valence electrons. The minimum Gasteiger partial charge on any atom is -0.497 e. The van der Waals surface area contributed by atoms with E-state index in [1.54, 1.807) is 37.3 Å². The van der Waals surface area contributed by atoms with Gasteiger partial charge in [-0.2, -0.15) is 0 Å². The highest BCUT2D eigenvalue weighted by Gasteiger charge is 2.26. The van der Waals surface area contributed by atoms with Crippen molar-refractivity contribution in [2.75, 3.05) is 33.2 Å². The lowest BCUT2D eigenvalue weighted by Gasteiger charge is -2.26. The van der Waals surface area contributed by atoms with Crippen molar-refractivity contribution in [2.45, 2.75) is 13.0 Å². The summed E-state index contributed by atoms with van der Waals surface area (Å²) in [6.07, 6.45) is 0.0640. The number of ether oxygens (including phenoxy) is 3.